The van der Waals surface area contributed by atoms with Crippen LogP contribution in [0.2, 0.25) is 10.0 Å². The third kappa shape index (κ3) is 6.86. The number of hydrogen-bond acceptors (Lipinski definition) is 3. The van der Waals surface area contributed by atoms with Crippen molar-refractivity contribution in [2.24, 2.45) is 0 Å². The lowest BCUT2D eigenvalue weighted by atomic mass is 10.1. The molecule has 0 aliphatic carbocycles. The molecular formula is C18H21Cl2NO3S. The summed E-state index contributed by atoms with van der Waals surface area (Å²) >= 11 is 11.7. The molecule has 0 spiro atoms. The molecule has 2 rings (SSSR count). The first-order valence-electron chi connectivity index (χ1n) is 8.02. The van der Waals surface area contributed by atoms with E-state index >= 15 is 0 Å². The van der Waals surface area contributed by atoms with E-state index in [0.717, 1.165) is 18.6 Å². The first-order chi connectivity index (χ1) is 11.9. The third-order valence-corrected chi connectivity index (χ3v) is 5.59. The summed E-state index contributed by atoms with van der Waals surface area (Å²) in [5.41, 5.74) is 1.84. The molecule has 0 fully saturated rings. The molecule has 7 heteroatoms. The molecule has 0 aliphatic heterocycles. The van der Waals surface area contributed by atoms with Crippen molar-refractivity contribution >= 4 is 33.2 Å². The standard InChI is InChI=1S/C18H21Cl2NO3S/c1-2-3-14-4-7-16(8-5-14)24-11-10-21-25(22,23)13-15-6-9-17(19)18(20)12-15/h4-9,12,21H,2-3,10-11,13H2,1H3. The van der Waals surface area contributed by atoms with Crippen LogP contribution in [-0.4, -0.2) is 21.6 Å². The summed E-state index contributed by atoms with van der Waals surface area (Å²) in [5.74, 6) is 0.568. The molecule has 0 saturated heterocycles. The fraction of sp³-hybridized carbons (Fsp3) is 0.333. The van der Waals surface area contributed by atoms with Gasteiger partial charge in [0.2, 0.25) is 10.0 Å². The van der Waals surface area contributed by atoms with E-state index in [4.69, 9.17) is 27.9 Å². The minimum atomic E-state index is -3.46. The number of hydrogen-bond donors (Lipinski definition) is 1. The van der Waals surface area contributed by atoms with Gasteiger partial charge in [-0.15, -0.1) is 0 Å². The second-order valence-electron chi connectivity index (χ2n) is 5.64. The van der Waals surface area contributed by atoms with Crippen LogP contribution in [0.15, 0.2) is 42.5 Å². The first kappa shape index (κ1) is 20.0. The molecule has 0 atom stereocenters. The molecule has 0 saturated carbocycles. The van der Waals surface area contributed by atoms with E-state index in [1.807, 2.05) is 24.3 Å². The van der Waals surface area contributed by atoms with Crippen LogP contribution in [0.3, 0.4) is 0 Å². The number of sulfonamides is 1. The van der Waals surface area contributed by atoms with Gasteiger partial charge in [0.05, 0.1) is 15.8 Å². The minimum Gasteiger partial charge on any atom is -0.492 e. The summed E-state index contributed by atoms with van der Waals surface area (Å²) in [6.07, 6.45) is 2.13. The van der Waals surface area contributed by atoms with Crippen molar-refractivity contribution in [2.45, 2.75) is 25.5 Å². The Balaban J connectivity index is 1.78. The topological polar surface area (TPSA) is 55.4 Å². The van der Waals surface area contributed by atoms with Crippen LogP contribution in [0, 0.1) is 0 Å². The predicted molar refractivity (Wildman–Crippen MR) is 103 cm³/mol. The zero-order chi connectivity index (χ0) is 18.3. The minimum absolute atomic E-state index is 0.157. The first-order valence-corrected chi connectivity index (χ1v) is 10.4. The fourth-order valence-electron chi connectivity index (χ4n) is 2.31. The highest BCUT2D eigenvalue weighted by atomic mass is 35.5. The summed E-state index contributed by atoms with van der Waals surface area (Å²) in [6.45, 7) is 2.59. The summed E-state index contributed by atoms with van der Waals surface area (Å²) in [7, 11) is -3.46. The van der Waals surface area contributed by atoms with Gasteiger partial charge < -0.3 is 4.74 Å². The maximum Gasteiger partial charge on any atom is 0.215 e. The maximum atomic E-state index is 12.1. The molecule has 0 amide bonds. The van der Waals surface area contributed by atoms with Crippen LogP contribution in [0.4, 0.5) is 0 Å². The second-order valence-corrected chi connectivity index (χ2v) is 8.27. The van der Waals surface area contributed by atoms with Crippen molar-refractivity contribution in [3.05, 3.63) is 63.6 Å². The average molecular weight is 402 g/mol. The number of nitrogens with one attached hydrogen (secondary N) is 1. The van der Waals surface area contributed by atoms with Gasteiger partial charge in [0.15, 0.2) is 0 Å². The van der Waals surface area contributed by atoms with Crippen molar-refractivity contribution in [3.8, 4) is 5.75 Å². The molecule has 2 aromatic carbocycles. The van der Waals surface area contributed by atoms with Gasteiger partial charge in [-0.05, 0) is 41.8 Å². The number of halogens is 2. The lowest BCUT2D eigenvalue weighted by Crippen LogP contribution is -2.29. The van der Waals surface area contributed by atoms with E-state index in [0.29, 0.717) is 15.6 Å². The Labute approximate surface area is 159 Å². The molecule has 25 heavy (non-hydrogen) atoms. The summed E-state index contributed by atoms with van der Waals surface area (Å²) < 4.78 is 32.2. The van der Waals surface area contributed by atoms with E-state index in [-0.39, 0.29) is 18.9 Å². The molecule has 4 nitrogen and oxygen atoms in total. The maximum absolute atomic E-state index is 12.1. The molecule has 0 aliphatic rings. The lowest BCUT2D eigenvalue weighted by molar-refractivity contribution is 0.322. The zero-order valence-electron chi connectivity index (χ0n) is 14.0. The molecule has 136 valence electrons. The zero-order valence-corrected chi connectivity index (χ0v) is 16.3. The van der Waals surface area contributed by atoms with Gasteiger partial charge in [0.25, 0.3) is 0 Å². The highest BCUT2D eigenvalue weighted by Crippen LogP contribution is 2.23. The SMILES string of the molecule is CCCc1ccc(OCCNS(=O)(=O)Cc2ccc(Cl)c(Cl)c2)cc1. The van der Waals surface area contributed by atoms with Crippen molar-refractivity contribution in [1.82, 2.24) is 4.72 Å². The Hall–Kier alpha value is -1.27. The van der Waals surface area contributed by atoms with Crippen LogP contribution in [0.5, 0.6) is 5.75 Å². The van der Waals surface area contributed by atoms with E-state index in [1.54, 1.807) is 18.2 Å². The van der Waals surface area contributed by atoms with Gasteiger partial charge in [-0.2, -0.15) is 0 Å². The fourth-order valence-corrected chi connectivity index (χ4v) is 3.74. The van der Waals surface area contributed by atoms with Crippen LogP contribution < -0.4 is 9.46 Å². The monoisotopic (exact) mass is 401 g/mol. The smallest absolute Gasteiger partial charge is 0.215 e. The normalized spacial score (nSPS) is 11.5. The van der Waals surface area contributed by atoms with Gasteiger partial charge in [-0.3, -0.25) is 0 Å². The molecule has 0 bridgehead atoms. The number of ether oxygens (including phenoxy) is 1. The average Bonchev–Trinajstić information content (AvgIpc) is 2.56. The Morgan fingerprint density at radius 1 is 1.00 bits per heavy atom. The summed E-state index contributed by atoms with van der Waals surface area (Å²) in [6, 6.07) is 12.6. The van der Waals surface area contributed by atoms with Crippen molar-refractivity contribution in [2.75, 3.05) is 13.2 Å². The molecule has 2 aromatic rings. The number of rotatable bonds is 9. The molecular weight excluding hydrogens is 381 g/mol. The van der Waals surface area contributed by atoms with Crippen LogP contribution in [-0.2, 0) is 22.2 Å². The largest absolute Gasteiger partial charge is 0.492 e. The predicted octanol–water partition coefficient (Wildman–Crippen LogP) is 4.44. The lowest BCUT2D eigenvalue weighted by Gasteiger charge is -2.09. The highest BCUT2D eigenvalue weighted by Gasteiger charge is 2.12. The third-order valence-electron chi connectivity index (χ3n) is 3.50. The van der Waals surface area contributed by atoms with Gasteiger partial charge in [0, 0.05) is 6.54 Å². The Morgan fingerprint density at radius 2 is 1.68 bits per heavy atom. The molecule has 0 heterocycles. The van der Waals surface area contributed by atoms with E-state index in [9.17, 15) is 8.42 Å². The quantitative estimate of drug-likeness (QED) is 0.631. The highest BCUT2D eigenvalue weighted by molar-refractivity contribution is 7.88. The Morgan fingerprint density at radius 3 is 2.32 bits per heavy atom. The van der Waals surface area contributed by atoms with E-state index < -0.39 is 10.0 Å². The Bertz CT molecular complexity index is 792. The van der Waals surface area contributed by atoms with Gasteiger partial charge in [0.1, 0.15) is 12.4 Å². The van der Waals surface area contributed by atoms with Crippen LogP contribution in [0.1, 0.15) is 24.5 Å². The number of aryl methyl sites for hydroxylation is 1. The Kier molecular flexibility index (Phi) is 7.56. The van der Waals surface area contributed by atoms with Crippen molar-refractivity contribution < 1.29 is 13.2 Å². The van der Waals surface area contributed by atoms with Crippen LogP contribution >= 0.6 is 23.2 Å². The number of benzene rings is 2. The van der Waals surface area contributed by atoms with Crippen LogP contribution in [0.25, 0.3) is 0 Å². The molecule has 0 aromatic heterocycles. The van der Waals surface area contributed by atoms with Gasteiger partial charge in [-0.25, -0.2) is 13.1 Å². The second kappa shape index (κ2) is 9.43. The van der Waals surface area contributed by atoms with Crippen molar-refractivity contribution in [3.63, 3.8) is 0 Å². The van der Waals surface area contributed by atoms with Gasteiger partial charge >= 0.3 is 0 Å². The molecule has 1 N–H and O–H groups in total. The van der Waals surface area contributed by atoms with Crippen molar-refractivity contribution in [1.29, 1.82) is 0 Å². The molecule has 0 unspecified atom stereocenters. The van der Waals surface area contributed by atoms with E-state index in [1.165, 1.54) is 5.56 Å². The summed E-state index contributed by atoms with van der Waals surface area (Å²) in [5, 5.41) is 0.735. The summed E-state index contributed by atoms with van der Waals surface area (Å²) in [4.78, 5) is 0. The van der Waals surface area contributed by atoms with E-state index in [2.05, 4.69) is 11.6 Å². The molecule has 0 radical (unpaired) electrons. The van der Waals surface area contributed by atoms with Gasteiger partial charge in [-0.1, -0.05) is 54.7 Å².